The van der Waals surface area contributed by atoms with Crippen molar-refractivity contribution in [3.05, 3.63) is 0 Å². The van der Waals surface area contributed by atoms with E-state index in [1.165, 1.54) is 64.2 Å². The van der Waals surface area contributed by atoms with Gasteiger partial charge in [-0.2, -0.15) is 13.2 Å². The number of halogens is 3. The van der Waals surface area contributed by atoms with Crippen LogP contribution in [0.3, 0.4) is 0 Å². The first-order valence-electron chi connectivity index (χ1n) is 11.9. The Morgan fingerprint density at radius 1 is 0.759 bits per heavy atom. The maximum atomic E-state index is 12.8. The lowest BCUT2D eigenvalue weighted by molar-refractivity contribution is -0.198. The van der Waals surface area contributed by atoms with Crippen molar-refractivity contribution >= 4 is 5.91 Å². The molecule has 0 fully saturated rings. The molecule has 3 nitrogen and oxygen atoms in total. The van der Waals surface area contributed by atoms with Gasteiger partial charge in [0.1, 0.15) is 6.23 Å². The molecule has 1 unspecified atom stereocenters. The number of hydrogen-bond donors (Lipinski definition) is 0. The highest BCUT2D eigenvalue weighted by Crippen LogP contribution is 2.22. The lowest BCUT2D eigenvalue weighted by atomic mass is 10.0. The van der Waals surface area contributed by atoms with Crippen LogP contribution in [0, 0.1) is 0 Å². The summed E-state index contributed by atoms with van der Waals surface area (Å²) in [6, 6.07) is 0. The molecule has 0 radical (unpaired) electrons. The molecule has 0 saturated heterocycles. The third-order valence-electron chi connectivity index (χ3n) is 5.22. The molecular weight excluding hydrogens is 379 g/mol. The quantitative estimate of drug-likeness (QED) is 0.158. The van der Waals surface area contributed by atoms with Gasteiger partial charge >= 0.3 is 12.1 Å². The highest BCUT2D eigenvalue weighted by atomic mass is 19.4. The molecule has 0 aliphatic rings. The Bertz CT molecular complexity index is 389. The number of nitrogens with zero attached hydrogens (tertiary/aromatic N) is 1. The van der Waals surface area contributed by atoms with Crippen molar-refractivity contribution in [2.75, 3.05) is 13.2 Å². The average Bonchev–Trinajstić information content (AvgIpc) is 2.68. The zero-order chi connectivity index (χ0) is 22.0. The minimum Gasteiger partial charge on any atom is -0.358 e. The number of carbonyl (C=O) groups is 1. The van der Waals surface area contributed by atoms with Crippen LogP contribution in [0.5, 0.6) is 0 Å². The van der Waals surface area contributed by atoms with Gasteiger partial charge in [0, 0.05) is 13.2 Å². The summed E-state index contributed by atoms with van der Waals surface area (Å²) in [6.07, 6.45) is 11.4. The normalized spacial score (nSPS) is 12.9. The van der Waals surface area contributed by atoms with Crippen LogP contribution in [0.2, 0.25) is 0 Å². The summed E-state index contributed by atoms with van der Waals surface area (Å²) < 4.78 is 44.0. The molecule has 0 spiro atoms. The average molecular weight is 424 g/mol. The number of rotatable bonds is 19. The molecule has 0 N–H and O–H groups in total. The second kappa shape index (κ2) is 18.0. The van der Waals surface area contributed by atoms with Gasteiger partial charge in [-0.05, 0) is 19.3 Å². The van der Waals surface area contributed by atoms with E-state index in [1.807, 2.05) is 0 Å². The van der Waals surface area contributed by atoms with Crippen LogP contribution in [-0.2, 0) is 9.53 Å². The lowest BCUT2D eigenvalue weighted by Gasteiger charge is -2.31. The van der Waals surface area contributed by atoms with Crippen LogP contribution >= 0.6 is 0 Å². The monoisotopic (exact) mass is 423 g/mol. The van der Waals surface area contributed by atoms with Gasteiger partial charge in [-0.3, -0.25) is 4.79 Å². The smallest absolute Gasteiger partial charge is 0.358 e. The Hall–Kier alpha value is -0.780. The van der Waals surface area contributed by atoms with Crippen molar-refractivity contribution < 1.29 is 22.7 Å². The molecule has 0 aromatic rings. The third kappa shape index (κ3) is 14.8. The van der Waals surface area contributed by atoms with Crippen LogP contribution in [0.15, 0.2) is 0 Å². The molecule has 0 saturated carbocycles. The Morgan fingerprint density at radius 2 is 1.21 bits per heavy atom. The number of unbranched alkanes of at least 4 members (excludes halogenated alkanes) is 12. The highest BCUT2D eigenvalue weighted by Gasteiger charge is 2.44. The molecular formula is C23H44F3NO2. The Kier molecular flexibility index (Phi) is 17.5. The number of ether oxygens (including phenoxy) is 1. The van der Waals surface area contributed by atoms with Crippen LogP contribution in [-0.4, -0.2) is 36.4 Å². The summed E-state index contributed by atoms with van der Waals surface area (Å²) in [4.78, 5) is 12.5. The largest absolute Gasteiger partial charge is 0.471 e. The number of hydrogen-bond acceptors (Lipinski definition) is 2. The summed E-state index contributed by atoms with van der Waals surface area (Å²) in [5.41, 5.74) is 0. The van der Waals surface area contributed by atoms with E-state index in [4.69, 9.17) is 4.74 Å². The van der Waals surface area contributed by atoms with E-state index >= 15 is 0 Å². The second-order valence-corrected chi connectivity index (χ2v) is 7.97. The van der Waals surface area contributed by atoms with Crippen LogP contribution < -0.4 is 0 Å². The molecule has 0 bridgehead atoms. The molecule has 0 aromatic heterocycles. The van der Waals surface area contributed by atoms with E-state index in [0.717, 1.165) is 24.2 Å². The summed E-state index contributed by atoms with van der Waals surface area (Å²) in [6.45, 7) is 6.22. The molecule has 1 atom stereocenters. The summed E-state index contributed by atoms with van der Waals surface area (Å²) in [5, 5.41) is 0. The van der Waals surface area contributed by atoms with Gasteiger partial charge in [0.25, 0.3) is 0 Å². The zero-order valence-corrected chi connectivity index (χ0v) is 19.0. The molecule has 1 amide bonds. The van der Waals surface area contributed by atoms with Gasteiger partial charge in [-0.1, -0.05) is 97.8 Å². The summed E-state index contributed by atoms with van der Waals surface area (Å²) in [7, 11) is 0. The van der Waals surface area contributed by atoms with Crippen molar-refractivity contribution in [1.82, 2.24) is 4.90 Å². The van der Waals surface area contributed by atoms with Crippen LogP contribution in [0.1, 0.15) is 117 Å². The zero-order valence-electron chi connectivity index (χ0n) is 19.0. The number of carbonyl (C=O) groups excluding carboxylic acids is 1. The standard InChI is InChI=1S/C23H44F3NO2/c1-4-7-8-9-10-11-12-13-14-15-16-17-18-20-29-21(6-3)27(19-5-2)22(28)23(24,25)26/h21H,4-20H2,1-3H3. The molecule has 0 heterocycles. The van der Waals surface area contributed by atoms with E-state index in [9.17, 15) is 18.0 Å². The van der Waals surface area contributed by atoms with Gasteiger partial charge in [0.15, 0.2) is 0 Å². The van der Waals surface area contributed by atoms with E-state index in [0.29, 0.717) is 19.4 Å². The predicted octanol–water partition coefficient (Wildman–Crippen LogP) is 7.63. The molecule has 29 heavy (non-hydrogen) atoms. The first-order valence-corrected chi connectivity index (χ1v) is 11.9. The van der Waals surface area contributed by atoms with Crippen molar-refractivity contribution in [2.24, 2.45) is 0 Å². The van der Waals surface area contributed by atoms with Gasteiger partial charge in [-0.25, -0.2) is 0 Å². The molecule has 0 rings (SSSR count). The van der Waals surface area contributed by atoms with E-state index in [2.05, 4.69) is 6.92 Å². The first kappa shape index (κ1) is 28.2. The Labute approximate surface area is 176 Å². The van der Waals surface area contributed by atoms with E-state index in [-0.39, 0.29) is 6.54 Å². The van der Waals surface area contributed by atoms with Crippen LogP contribution in [0.4, 0.5) is 13.2 Å². The number of alkyl halides is 3. The fraction of sp³-hybridized carbons (Fsp3) is 0.957. The minimum atomic E-state index is -4.85. The third-order valence-corrected chi connectivity index (χ3v) is 5.22. The SMILES string of the molecule is CCCCCCCCCCCCCCCOC(CC)N(CCC)C(=O)C(F)(F)F. The summed E-state index contributed by atoms with van der Waals surface area (Å²) in [5.74, 6) is -1.79. The second-order valence-electron chi connectivity index (χ2n) is 7.97. The van der Waals surface area contributed by atoms with E-state index < -0.39 is 18.3 Å². The Balaban J connectivity index is 3.79. The van der Waals surface area contributed by atoms with Gasteiger partial charge in [0.2, 0.25) is 0 Å². The van der Waals surface area contributed by atoms with Crippen molar-refractivity contribution in [3.8, 4) is 0 Å². The topological polar surface area (TPSA) is 29.5 Å². The lowest BCUT2D eigenvalue weighted by Crippen LogP contribution is -2.48. The molecule has 0 aromatic carbocycles. The van der Waals surface area contributed by atoms with Crippen molar-refractivity contribution in [1.29, 1.82) is 0 Å². The van der Waals surface area contributed by atoms with Crippen LogP contribution in [0.25, 0.3) is 0 Å². The molecule has 0 aliphatic heterocycles. The fourth-order valence-corrected chi connectivity index (χ4v) is 3.55. The molecule has 174 valence electrons. The van der Waals surface area contributed by atoms with Crippen molar-refractivity contribution in [3.63, 3.8) is 0 Å². The van der Waals surface area contributed by atoms with E-state index in [1.54, 1.807) is 13.8 Å². The van der Waals surface area contributed by atoms with Crippen molar-refractivity contribution in [2.45, 2.75) is 129 Å². The minimum absolute atomic E-state index is 0.0649. The molecule has 0 aliphatic carbocycles. The molecule has 6 heteroatoms. The summed E-state index contributed by atoms with van der Waals surface area (Å²) >= 11 is 0. The predicted molar refractivity (Wildman–Crippen MR) is 114 cm³/mol. The van der Waals surface area contributed by atoms with Gasteiger partial charge < -0.3 is 9.64 Å². The first-order chi connectivity index (χ1) is 13.9. The maximum Gasteiger partial charge on any atom is 0.471 e. The maximum absolute atomic E-state index is 12.8. The number of amides is 1. The Morgan fingerprint density at radius 3 is 1.59 bits per heavy atom. The fourth-order valence-electron chi connectivity index (χ4n) is 3.55. The van der Waals surface area contributed by atoms with Gasteiger partial charge in [0.05, 0.1) is 0 Å². The van der Waals surface area contributed by atoms with Gasteiger partial charge in [-0.15, -0.1) is 0 Å². The highest BCUT2D eigenvalue weighted by molar-refractivity contribution is 5.82.